The number of benzene rings is 2. The highest BCUT2D eigenvalue weighted by Crippen LogP contribution is 2.35. The molecule has 1 saturated carbocycles. The summed E-state index contributed by atoms with van der Waals surface area (Å²) in [6.45, 7) is 4.67. The Morgan fingerprint density at radius 1 is 1.08 bits per heavy atom. The number of aryl methyl sites for hydroxylation is 1. The molecule has 5 nitrogen and oxygen atoms in total. The first kappa shape index (κ1) is 29.6. The van der Waals surface area contributed by atoms with Gasteiger partial charge in [0.15, 0.2) is 0 Å². The molecular weight excluding hydrogens is 502 g/mol. The van der Waals surface area contributed by atoms with Gasteiger partial charge in [0.2, 0.25) is 0 Å². The average Bonchev–Trinajstić information content (AvgIpc) is 2.90. The molecule has 0 saturated heterocycles. The highest BCUT2D eigenvalue weighted by molar-refractivity contribution is 7.99. The lowest BCUT2D eigenvalue weighted by Gasteiger charge is -2.33. The number of carbonyl (C=O) groups excluding carboxylic acids is 1. The van der Waals surface area contributed by atoms with Crippen molar-refractivity contribution in [2.45, 2.75) is 76.4 Å². The molecule has 1 amide bonds. The van der Waals surface area contributed by atoms with E-state index in [9.17, 15) is 14.7 Å². The average molecular weight is 544 g/mol. The molecule has 202 valence electrons. The number of carboxylic acid groups (broad SMARTS) is 1. The van der Waals surface area contributed by atoms with Crippen LogP contribution < -0.4 is 5.32 Å². The van der Waals surface area contributed by atoms with E-state index in [4.69, 9.17) is 4.74 Å². The maximum atomic E-state index is 13.3. The molecule has 3 rings (SSSR count). The third-order valence-corrected chi connectivity index (χ3v) is 9.30. The second-order valence-corrected chi connectivity index (χ2v) is 12.0. The molecule has 2 unspecified atom stereocenters. The Morgan fingerprint density at radius 3 is 2.46 bits per heavy atom. The fourth-order valence-electron chi connectivity index (χ4n) is 5.26. The number of thioether (sulfide) groups is 2. The van der Waals surface area contributed by atoms with Crippen LogP contribution in [-0.2, 0) is 16.1 Å². The minimum Gasteiger partial charge on any atom is -0.480 e. The summed E-state index contributed by atoms with van der Waals surface area (Å²) in [6.07, 6.45) is 11.2. The molecule has 0 bridgehead atoms. The van der Waals surface area contributed by atoms with Gasteiger partial charge in [-0.25, -0.2) is 4.79 Å². The molecule has 1 aliphatic rings. The number of hydrogen-bond donors (Lipinski definition) is 2. The standard InChI is InChI=1S/C30H41NO4S2/c1-20-10-8-9-13-24(20)26-18-22(19-35-21(2)28(37-4)23-11-6-5-7-12-23)14-15-25(26)29(32)31-27(30(33)34)16-17-36-3/h8-10,13-15,18,21,23,27-28H,5-7,11-12,16-17,19H2,1-4H3,(H,31,32)(H,33,34)/t21?,27-,28?/m0/s1. The first-order valence-electron chi connectivity index (χ1n) is 13.2. The molecule has 3 atom stereocenters. The first-order chi connectivity index (χ1) is 17.8. The third-order valence-electron chi connectivity index (χ3n) is 7.34. The SMILES string of the molecule is CSCC[C@H](NC(=O)c1ccc(COC(C)C(SC)C2CCCCC2)cc1-c1ccccc1C)C(=O)O. The number of nitrogens with one attached hydrogen (secondary N) is 1. The van der Waals surface area contributed by atoms with Gasteiger partial charge in [-0.1, -0.05) is 49.6 Å². The number of amides is 1. The fraction of sp³-hybridized carbons (Fsp3) is 0.533. The van der Waals surface area contributed by atoms with Crippen molar-refractivity contribution in [2.24, 2.45) is 5.92 Å². The molecule has 1 aliphatic carbocycles. The third kappa shape index (κ3) is 8.26. The lowest BCUT2D eigenvalue weighted by Crippen LogP contribution is -2.41. The van der Waals surface area contributed by atoms with Gasteiger partial charge in [-0.3, -0.25) is 4.79 Å². The molecule has 2 aromatic carbocycles. The van der Waals surface area contributed by atoms with Gasteiger partial charge in [0, 0.05) is 10.8 Å². The number of carbonyl (C=O) groups is 2. The Kier molecular flexibility index (Phi) is 11.9. The van der Waals surface area contributed by atoms with E-state index in [2.05, 4.69) is 18.5 Å². The van der Waals surface area contributed by atoms with Crippen LogP contribution in [0.3, 0.4) is 0 Å². The summed E-state index contributed by atoms with van der Waals surface area (Å²) in [4.78, 5) is 25.0. The van der Waals surface area contributed by atoms with Crippen molar-refractivity contribution in [3.8, 4) is 11.1 Å². The summed E-state index contributed by atoms with van der Waals surface area (Å²) in [5, 5.41) is 12.8. The topological polar surface area (TPSA) is 75.6 Å². The number of rotatable bonds is 13. The van der Waals surface area contributed by atoms with Crippen LogP contribution in [0.1, 0.15) is 66.9 Å². The van der Waals surface area contributed by atoms with Crippen molar-refractivity contribution >= 4 is 35.4 Å². The molecular formula is C30H41NO4S2. The molecule has 0 heterocycles. The molecule has 0 spiro atoms. The van der Waals surface area contributed by atoms with E-state index in [0.717, 1.165) is 22.3 Å². The minimum atomic E-state index is -1.01. The van der Waals surface area contributed by atoms with Gasteiger partial charge < -0.3 is 15.2 Å². The predicted octanol–water partition coefficient (Wildman–Crippen LogP) is 6.82. The zero-order valence-electron chi connectivity index (χ0n) is 22.5. The van der Waals surface area contributed by atoms with Crippen LogP contribution in [0.2, 0.25) is 0 Å². The number of aliphatic carboxylic acids is 1. The molecule has 0 radical (unpaired) electrons. The molecule has 7 heteroatoms. The Balaban J connectivity index is 1.82. The molecule has 2 aromatic rings. The van der Waals surface area contributed by atoms with Crippen molar-refractivity contribution in [2.75, 3.05) is 18.3 Å². The maximum absolute atomic E-state index is 13.3. The number of hydrogen-bond acceptors (Lipinski definition) is 5. The normalized spacial score (nSPS) is 16.6. The second kappa shape index (κ2) is 14.8. The van der Waals surface area contributed by atoms with Crippen LogP contribution >= 0.6 is 23.5 Å². The van der Waals surface area contributed by atoms with Gasteiger partial charge in [-0.05, 0) is 91.7 Å². The van der Waals surface area contributed by atoms with Gasteiger partial charge in [0.05, 0.1) is 12.7 Å². The van der Waals surface area contributed by atoms with Gasteiger partial charge in [0.25, 0.3) is 5.91 Å². The summed E-state index contributed by atoms with van der Waals surface area (Å²) < 4.78 is 6.39. The van der Waals surface area contributed by atoms with Crippen molar-refractivity contribution in [3.63, 3.8) is 0 Å². The van der Waals surface area contributed by atoms with Crippen LogP contribution in [0.25, 0.3) is 11.1 Å². The zero-order chi connectivity index (χ0) is 26.8. The number of carboxylic acids is 1. The van der Waals surface area contributed by atoms with E-state index in [-0.39, 0.29) is 12.0 Å². The molecule has 0 aromatic heterocycles. The Morgan fingerprint density at radius 2 is 1.81 bits per heavy atom. The molecule has 1 fully saturated rings. The lowest BCUT2D eigenvalue weighted by atomic mass is 9.85. The second-order valence-electron chi connectivity index (χ2n) is 9.96. The molecule has 2 N–H and O–H groups in total. The smallest absolute Gasteiger partial charge is 0.326 e. The largest absolute Gasteiger partial charge is 0.480 e. The van der Waals surface area contributed by atoms with Gasteiger partial charge >= 0.3 is 5.97 Å². The molecule has 0 aliphatic heterocycles. The Hall–Kier alpha value is -1.96. The van der Waals surface area contributed by atoms with Crippen LogP contribution in [0.5, 0.6) is 0 Å². The molecule has 37 heavy (non-hydrogen) atoms. The van der Waals surface area contributed by atoms with Crippen molar-refractivity contribution in [1.29, 1.82) is 0 Å². The summed E-state index contributed by atoms with van der Waals surface area (Å²) in [7, 11) is 0. The minimum absolute atomic E-state index is 0.135. The monoisotopic (exact) mass is 543 g/mol. The van der Waals surface area contributed by atoms with Gasteiger partial charge in [-0.15, -0.1) is 0 Å². The summed E-state index contributed by atoms with van der Waals surface area (Å²) in [5.74, 6) is -0.0120. The quantitative estimate of drug-likeness (QED) is 0.289. The fourth-order valence-corrected chi connectivity index (χ4v) is 6.85. The number of ether oxygens (including phenoxy) is 1. The summed E-state index contributed by atoms with van der Waals surface area (Å²) >= 11 is 3.48. The van der Waals surface area contributed by atoms with Crippen molar-refractivity contribution in [1.82, 2.24) is 5.32 Å². The zero-order valence-corrected chi connectivity index (χ0v) is 24.1. The predicted molar refractivity (Wildman–Crippen MR) is 157 cm³/mol. The highest BCUT2D eigenvalue weighted by Gasteiger charge is 2.28. The Bertz CT molecular complexity index is 1040. The van der Waals surface area contributed by atoms with Crippen LogP contribution in [0, 0.1) is 12.8 Å². The first-order valence-corrected chi connectivity index (χ1v) is 15.9. The van der Waals surface area contributed by atoms with Crippen LogP contribution in [0.15, 0.2) is 42.5 Å². The van der Waals surface area contributed by atoms with Crippen LogP contribution in [-0.4, -0.2) is 52.6 Å². The Labute approximate surface area is 230 Å². The van der Waals surface area contributed by atoms with E-state index < -0.39 is 12.0 Å². The summed E-state index contributed by atoms with van der Waals surface area (Å²) in [6, 6.07) is 12.8. The van der Waals surface area contributed by atoms with Crippen molar-refractivity contribution in [3.05, 3.63) is 59.2 Å². The van der Waals surface area contributed by atoms with E-state index in [0.29, 0.717) is 35.5 Å². The van der Waals surface area contributed by atoms with E-state index in [1.54, 1.807) is 17.8 Å². The maximum Gasteiger partial charge on any atom is 0.326 e. The summed E-state index contributed by atoms with van der Waals surface area (Å²) in [5.41, 5.74) is 4.29. The van der Waals surface area contributed by atoms with E-state index in [1.165, 1.54) is 32.1 Å². The highest BCUT2D eigenvalue weighted by atomic mass is 32.2. The van der Waals surface area contributed by atoms with Gasteiger partial charge in [-0.2, -0.15) is 23.5 Å². The lowest BCUT2D eigenvalue weighted by molar-refractivity contribution is -0.139. The van der Waals surface area contributed by atoms with E-state index >= 15 is 0 Å². The van der Waals surface area contributed by atoms with Crippen molar-refractivity contribution < 1.29 is 19.4 Å². The van der Waals surface area contributed by atoms with E-state index in [1.807, 2.05) is 61.3 Å². The van der Waals surface area contributed by atoms with Crippen LogP contribution in [0.4, 0.5) is 0 Å². The van der Waals surface area contributed by atoms with Gasteiger partial charge in [0.1, 0.15) is 6.04 Å².